The molecule has 38 heavy (non-hydrogen) atoms. The summed E-state index contributed by atoms with van der Waals surface area (Å²) in [5.41, 5.74) is 2.92. The Morgan fingerprint density at radius 2 is 1.95 bits per heavy atom. The number of rotatable bonds is 8. The minimum Gasteiger partial charge on any atom is -0.488 e. The number of ether oxygens (including phenoxy) is 2. The summed E-state index contributed by atoms with van der Waals surface area (Å²) in [7, 11) is 1.55. The van der Waals surface area contributed by atoms with Crippen LogP contribution in [0, 0.1) is 12.7 Å². The van der Waals surface area contributed by atoms with Gasteiger partial charge in [0.05, 0.1) is 18.0 Å². The predicted octanol–water partition coefficient (Wildman–Crippen LogP) is 3.98. The SMILES string of the molecule is COCCOc1cc2[nH]nc(-c3cc(-c4ccc(C(=O)N5CC(c6noc(C)n6)C5)cc4)no3)c2cc1F. The van der Waals surface area contributed by atoms with Crippen molar-refractivity contribution in [2.24, 2.45) is 0 Å². The van der Waals surface area contributed by atoms with Gasteiger partial charge in [-0.15, -0.1) is 0 Å². The summed E-state index contributed by atoms with van der Waals surface area (Å²) in [5, 5.41) is 15.8. The van der Waals surface area contributed by atoms with E-state index >= 15 is 0 Å². The van der Waals surface area contributed by atoms with Crippen LogP contribution in [0.3, 0.4) is 0 Å². The maximum atomic E-state index is 14.6. The van der Waals surface area contributed by atoms with Gasteiger partial charge in [-0.05, 0) is 18.2 Å². The molecule has 1 fully saturated rings. The van der Waals surface area contributed by atoms with E-state index in [0.29, 0.717) is 65.0 Å². The van der Waals surface area contributed by atoms with Crippen LogP contribution in [0.5, 0.6) is 5.75 Å². The number of aryl methyl sites for hydroxylation is 1. The van der Waals surface area contributed by atoms with Crippen molar-refractivity contribution >= 4 is 16.8 Å². The van der Waals surface area contributed by atoms with E-state index in [1.165, 1.54) is 6.07 Å². The van der Waals surface area contributed by atoms with Gasteiger partial charge in [0.15, 0.2) is 23.2 Å². The smallest absolute Gasteiger partial charge is 0.253 e. The van der Waals surface area contributed by atoms with Gasteiger partial charge in [0.2, 0.25) is 5.89 Å². The van der Waals surface area contributed by atoms with Crippen molar-refractivity contribution in [2.75, 3.05) is 33.4 Å². The monoisotopic (exact) mass is 518 g/mol. The molecular weight excluding hydrogens is 495 g/mol. The Morgan fingerprint density at radius 3 is 2.68 bits per heavy atom. The number of carbonyl (C=O) groups is 1. The summed E-state index contributed by atoms with van der Waals surface area (Å²) >= 11 is 0. The molecule has 0 saturated carbocycles. The van der Waals surface area contributed by atoms with E-state index in [0.717, 1.165) is 5.56 Å². The molecule has 1 aliphatic heterocycles. The number of aromatic nitrogens is 5. The van der Waals surface area contributed by atoms with Crippen LogP contribution < -0.4 is 4.74 Å². The van der Waals surface area contributed by atoms with Gasteiger partial charge >= 0.3 is 0 Å². The molecule has 1 N–H and O–H groups in total. The lowest BCUT2D eigenvalue weighted by molar-refractivity contribution is 0.0592. The second-order valence-electron chi connectivity index (χ2n) is 8.97. The van der Waals surface area contributed by atoms with E-state index < -0.39 is 5.82 Å². The highest BCUT2D eigenvalue weighted by molar-refractivity contribution is 5.95. The number of halogens is 1. The number of methoxy groups -OCH3 is 1. The lowest BCUT2D eigenvalue weighted by Crippen LogP contribution is -2.48. The zero-order chi connectivity index (χ0) is 26.2. The number of benzene rings is 2. The molecule has 11 nitrogen and oxygen atoms in total. The van der Waals surface area contributed by atoms with E-state index in [1.807, 2.05) is 0 Å². The summed E-state index contributed by atoms with van der Waals surface area (Å²) in [6.45, 7) is 3.41. The molecule has 0 radical (unpaired) electrons. The highest BCUT2D eigenvalue weighted by atomic mass is 19.1. The van der Waals surface area contributed by atoms with Gasteiger partial charge in [-0.3, -0.25) is 9.89 Å². The van der Waals surface area contributed by atoms with Crippen LogP contribution in [-0.4, -0.2) is 69.7 Å². The first kappa shape index (κ1) is 23.8. The minimum atomic E-state index is -0.517. The molecular formula is C26H23FN6O5. The third-order valence-corrected chi connectivity index (χ3v) is 6.41. The number of fused-ring (bicyclic) bond motifs is 1. The Bertz CT molecular complexity index is 1600. The van der Waals surface area contributed by atoms with Gasteiger partial charge in [0, 0.05) is 55.8 Å². The number of hydrogen-bond donors (Lipinski definition) is 1. The van der Waals surface area contributed by atoms with Crippen molar-refractivity contribution in [2.45, 2.75) is 12.8 Å². The van der Waals surface area contributed by atoms with E-state index in [-0.39, 0.29) is 24.2 Å². The van der Waals surface area contributed by atoms with Gasteiger partial charge in [0.25, 0.3) is 5.91 Å². The first-order valence-corrected chi connectivity index (χ1v) is 12.0. The number of aromatic amines is 1. The van der Waals surface area contributed by atoms with E-state index in [9.17, 15) is 9.18 Å². The van der Waals surface area contributed by atoms with Crippen molar-refractivity contribution < 1.29 is 27.7 Å². The second kappa shape index (κ2) is 9.71. The Labute approximate surface area is 215 Å². The molecule has 12 heteroatoms. The number of nitrogens with zero attached hydrogens (tertiary/aromatic N) is 5. The van der Waals surface area contributed by atoms with Crippen molar-refractivity contribution in [3.63, 3.8) is 0 Å². The number of carbonyl (C=O) groups excluding carboxylic acids is 1. The average molecular weight is 519 g/mol. The molecule has 6 rings (SSSR count). The average Bonchev–Trinajstić information content (AvgIpc) is 3.63. The standard InChI is InChI=1S/C26H23FN6O5/c1-14-28-25(32-37-14)17-12-33(13-17)26(34)16-5-3-15(4-6-16)20-10-23(38-31-20)24-18-9-19(27)22(36-8-7-35-2)11-21(18)29-30-24/h3-6,9-11,17H,7-8,12-13H2,1-2H3,(H,29,30). The van der Waals surface area contributed by atoms with Crippen LogP contribution in [0.2, 0.25) is 0 Å². The molecule has 1 saturated heterocycles. The summed E-state index contributed by atoms with van der Waals surface area (Å²) in [6.07, 6.45) is 0. The van der Waals surface area contributed by atoms with Crippen molar-refractivity contribution in [1.29, 1.82) is 0 Å². The zero-order valence-electron chi connectivity index (χ0n) is 20.6. The molecule has 0 atom stereocenters. The normalized spacial score (nSPS) is 13.7. The van der Waals surface area contributed by atoms with E-state index in [1.54, 1.807) is 55.3 Å². The van der Waals surface area contributed by atoms with E-state index in [2.05, 4.69) is 25.5 Å². The molecule has 0 bridgehead atoms. The summed E-state index contributed by atoms with van der Waals surface area (Å²) in [5.74, 6) is 1.14. The fourth-order valence-corrected chi connectivity index (χ4v) is 4.33. The van der Waals surface area contributed by atoms with Crippen molar-refractivity contribution in [3.8, 4) is 28.5 Å². The molecule has 0 spiro atoms. The van der Waals surface area contributed by atoms with Crippen LogP contribution in [0.15, 0.2) is 51.5 Å². The quantitative estimate of drug-likeness (QED) is 0.303. The van der Waals surface area contributed by atoms with Crippen LogP contribution in [0.4, 0.5) is 4.39 Å². The lowest BCUT2D eigenvalue weighted by atomic mass is 9.97. The molecule has 194 valence electrons. The third-order valence-electron chi connectivity index (χ3n) is 6.41. The number of nitrogens with one attached hydrogen (secondary N) is 1. The van der Waals surface area contributed by atoms with Gasteiger partial charge < -0.3 is 23.4 Å². The molecule has 0 unspecified atom stereocenters. The van der Waals surface area contributed by atoms with Gasteiger partial charge in [-0.1, -0.05) is 22.4 Å². The first-order valence-electron chi connectivity index (χ1n) is 12.0. The fourth-order valence-electron chi connectivity index (χ4n) is 4.33. The predicted molar refractivity (Wildman–Crippen MR) is 132 cm³/mol. The number of amides is 1. The highest BCUT2D eigenvalue weighted by Gasteiger charge is 2.35. The zero-order valence-corrected chi connectivity index (χ0v) is 20.6. The molecule has 0 aliphatic carbocycles. The number of likely N-dealkylation sites (tertiary alicyclic amines) is 1. The Hall–Kier alpha value is -4.58. The number of hydrogen-bond acceptors (Lipinski definition) is 9. The third kappa shape index (κ3) is 4.39. The fraction of sp³-hybridized carbons (Fsp3) is 0.269. The number of H-pyrrole nitrogens is 1. The molecule has 1 amide bonds. The Kier molecular flexibility index (Phi) is 6.08. The largest absolute Gasteiger partial charge is 0.488 e. The van der Waals surface area contributed by atoms with Gasteiger partial charge in [-0.25, -0.2) is 4.39 Å². The van der Waals surface area contributed by atoms with Crippen LogP contribution in [0.1, 0.15) is 28.0 Å². The Morgan fingerprint density at radius 1 is 1.13 bits per heavy atom. The second-order valence-corrected chi connectivity index (χ2v) is 8.97. The van der Waals surface area contributed by atoms with Crippen molar-refractivity contribution in [1.82, 2.24) is 30.4 Å². The van der Waals surface area contributed by atoms with Crippen LogP contribution in [-0.2, 0) is 4.74 Å². The highest BCUT2D eigenvalue weighted by Crippen LogP contribution is 2.33. The lowest BCUT2D eigenvalue weighted by Gasteiger charge is -2.37. The molecule has 2 aromatic carbocycles. The van der Waals surface area contributed by atoms with E-state index in [4.69, 9.17) is 18.5 Å². The molecule has 4 heterocycles. The minimum absolute atomic E-state index is 0.0653. The van der Waals surface area contributed by atoms with Crippen molar-refractivity contribution in [3.05, 3.63) is 65.6 Å². The Balaban J connectivity index is 1.15. The van der Waals surface area contributed by atoms with Gasteiger partial charge in [-0.2, -0.15) is 10.1 Å². The van der Waals surface area contributed by atoms with Gasteiger partial charge in [0.1, 0.15) is 18.0 Å². The summed E-state index contributed by atoms with van der Waals surface area (Å²) in [4.78, 5) is 18.8. The first-order chi connectivity index (χ1) is 18.5. The van der Waals surface area contributed by atoms with Crippen LogP contribution in [0.25, 0.3) is 33.6 Å². The topological polar surface area (TPSA) is 132 Å². The van der Waals surface area contributed by atoms with Crippen LogP contribution >= 0.6 is 0 Å². The molecule has 3 aromatic heterocycles. The molecule has 1 aliphatic rings. The maximum absolute atomic E-state index is 14.6. The summed E-state index contributed by atoms with van der Waals surface area (Å²) in [6, 6.07) is 11.7. The molecule has 5 aromatic rings. The summed E-state index contributed by atoms with van der Waals surface area (Å²) < 4.78 is 35.5. The maximum Gasteiger partial charge on any atom is 0.253 e.